The molecular formula is C50H52N2O12S. The summed E-state index contributed by atoms with van der Waals surface area (Å²) in [5, 5.41) is 12.0. The first-order chi connectivity index (χ1) is 31.6. The zero-order valence-electron chi connectivity index (χ0n) is 35.9. The number of hydrogen-bond donors (Lipinski definition) is 1. The number of nitro groups is 1. The minimum atomic E-state index is -4.57. The Kier molecular flexibility index (Phi) is 15.1. The molecule has 9 rings (SSSR count). The smallest absolute Gasteiger partial charge is 0.301 e. The quantitative estimate of drug-likeness (QED) is 0.0509. The van der Waals surface area contributed by atoms with E-state index in [1.807, 2.05) is 128 Å². The SMILES string of the molecule is CC12COC([C@H](CC#C[C@@H]3O[C@H](COCc4ccccc4)[C@H](OCc4ccccc4)[C@H](OCc4ccccc4)[C@H]3OCc3ccccc3)NS(=O)(=O)c3ccccc3[N+](=O)[O-])(OC1)OC2. The molecule has 0 saturated carbocycles. The molecule has 5 aromatic rings. The summed E-state index contributed by atoms with van der Waals surface area (Å²) >= 11 is 0. The second-order valence-electron chi connectivity index (χ2n) is 16.6. The van der Waals surface area contributed by atoms with Crippen LogP contribution in [0.25, 0.3) is 0 Å². The van der Waals surface area contributed by atoms with E-state index in [0.717, 1.165) is 28.3 Å². The largest absolute Gasteiger partial charge is 0.374 e. The van der Waals surface area contributed by atoms with E-state index < -0.39 is 73.5 Å². The van der Waals surface area contributed by atoms with Crippen LogP contribution in [0.1, 0.15) is 35.6 Å². The highest BCUT2D eigenvalue weighted by atomic mass is 32.2. The lowest BCUT2D eigenvalue weighted by Gasteiger charge is -2.52. The van der Waals surface area contributed by atoms with Crippen LogP contribution in [0, 0.1) is 27.4 Å². The Hall–Kier alpha value is -5.35. The van der Waals surface area contributed by atoms with Gasteiger partial charge in [-0.1, -0.05) is 152 Å². The number of fused-ring (bicyclic) bond motifs is 3. The average Bonchev–Trinajstić information content (AvgIpc) is 3.34. The molecule has 340 valence electrons. The average molecular weight is 905 g/mol. The fraction of sp³-hybridized carbons (Fsp3) is 0.360. The molecule has 4 fully saturated rings. The Bertz CT molecular complexity index is 2460. The van der Waals surface area contributed by atoms with Crippen LogP contribution in [0.15, 0.2) is 150 Å². The molecule has 15 heteroatoms. The maximum absolute atomic E-state index is 14.0. The molecule has 0 unspecified atom stereocenters. The van der Waals surface area contributed by atoms with Gasteiger partial charge in [-0.15, -0.1) is 0 Å². The predicted octanol–water partition coefficient (Wildman–Crippen LogP) is 7.11. The summed E-state index contributed by atoms with van der Waals surface area (Å²) in [5.41, 5.74) is 2.74. The van der Waals surface area contributed by atoms with Crippen molar-refractivity contribution >= 4 is 15.7 Å². The number of nitro benzene ring substituents is 1. The van der Waals surface area contributed by atoms with Crippen molar-refractivity contribution in [2.24, 2.45) is 5.41 Å². The van der Waals surface area contributed by atoms with Gasteiger partial charge in [-0.2, -0.15) is 4.72 Å². The van der Waals surface area contributed by atoms with Crippen molar-refractivity contribution in [3.63, 3.8) is 0 Å². The van der Waals surface area contributed by atoms with Crippen molar-refractivity contribution in [2.75, 3.05) is 26.4 Å². The fourth-order valence-electron chi connectivity index (χ4n) is 7.87. The molecule has 14 nitrogen and oxygen atoms in total. The maximum atomic E-state index is 14.0. The van der Waals surface area contributed by atoms with Crippen LogP contribution in [-0.4, -0.2) is 82.3 Å². The molecular weight excluding hydrogens is 853 g/mol. The lowest BCUT2D eigenvalue weighted by Crippen LogP contribution is -2.67. The molecule has 0 spiro atoms. The number of sulfonamides is 1. The highest BCUT2D eigenvalue weighted by Crippen LogP contribution is 2.41. The molecule has 1 N–H and O–H groups in total. The number of rotatable bonds is 19. The van der Waals surface area contributed by atoms with E-state index in [2.05, 4.69) is 16.6 Å². The first kappa shape index (κ1) is 46.2. The Morgan fingerprint density at radius 1 is 0.677 bits per heavy atom. The van der Waals surface area contributed by atoms with Crippen LogP contribution in [0.4, 0.5) is 5.69 Å². The number of para-hydroxylation sites is 1. The van der Waals surface area contributed by atoms with Crippen LogP contribution >= 0.6 is 0 Å². The molecule has 4 aliphatic heterocycles. The fourth-order valence-corrected chi connectivity index (χ4v) is 9.27. The summed E-state index contributed by atoms with van der Waals surface area (Å²) in [6.45, 7) is 3.69. The molecule has 65 heavy (non-hydrogen) atoms. The zero-order valence-corrected chi connectivity index (χ0v) is 36.8. The van der Waals surface area contributed by atoms with E-state index in [4.69, 9.17) is 37.9 Å². The van der Waals surface area contributed by atoms with Crippen molar-refractivity contribution in [3.05, 3.63) is 178 Å². The topological polar surface area (TPSA) is 163 Å². The van der Waals surface area contributed by atoms with Crippen molar-refractivity contribution in [2.45, 2.75) is 87.2 Å². The van der Waals surface area contributed by atoms with Gasteiger partial charge in [0, 0.05) is 17.9 Å². The zero-order chi connectivity index (χ0) is 45.1. The summed E-state index contributed by atoms with van der Waals surface area (Å²) in [7, 11) is -4.57. The second-order valence-corrected chi connectivity index (χ2v) is 18.3. The third kappa shape index (κ3) is 11.7. The molecule has 4 heterocycles. The van der Waals surface area contributed by atoms with Crippen molar-refractivity contribution in [3.8, 4) is 11.8 Å². The van der Waals surface area contributed by atoms with E-state index in [1.165, 1.54) is 18.2 Å². The Balaban J connectivity index is 1.15. The van der Waals surface area contributed by atoms with Crippen LogP contribution in [0.2, 0.25) is 0 Å². The van der Waals surface area contributed by atoms with E-state index in [1.54, 1.807) is 0 Å². The second kappa shape index (κ2) is 21.3. The van der Waals surface area contributed by atoms with Crippen molar-refractivity contribution < 1.29 is 51.2 Å². The van der Waals surface area contributed by atoms with Crippen LogP contribution < -0.4 is 4.72 Å². The molecule has 4 saturated heterocycles. The number of nitrogens with one attached hydrogen (secondary N) is 1. The monoisotopic (exact) mass is 904 g/mol. The molecule has 0 amide bonds. The first-order valence-corrected chi connectivity index (χ1v) is 23.0. The normalized spacial score (nSPS) is 25.6. The van der Waals surface area contributed by atoms with E-state index >= 15 is 0 Å². The highest BCUT2D eigenvalue weighted by molar-refractivity contribution is 7.89. The lowest BCUT2D eigenvalue weighted by atomic mass is 9.91. The Morgan fingerprint density at radius 3 is 1.66 bits per heavy atom. The van der Waals surface area contributed by atoms with Gasteiger partial charge in [0.2, 0.25) is 10.0 Å². The number of hydrogen-bond acceptors (Lipinski definition) is 12. The van der Waals surface area contributed by atoms with E-state index in [0.29, 0.717) is 6.61 Å². The lowest BCUT2D eigenvalue weighted by molar-refractivity contribution is -0.472. The third-order valence-corrected chi connectivity index (χ3v) is 12.9. The third-order valence-electron chi connectivity index (χ3n) is 11.4. The summed E-state index contributed by atoms with van der Waals surface area (Å²) in [6.07, 6.45) is -4.20. The first-order valence-electron chi connectivity index (χ1n) is 21.5. The van der Waals surface area contributed by atoms with E-state index in [-0.39, 0.29) is 52.7 Å². The van der Waals surface area contributed by atoms with Crippen LogP contribution in [0.5, 0.6) is 0 Å². The molecule has 5 aromatic carbocycles. The standard InChI is InChI=1S/C50H52N2O12S/c1-49-34-61-50(62-35-49,63-36-49)45(51-65(55,56)44-27-15-14-25-41(44)52(53)54)28-16-26-42-46(58-30-38-19-8-3-9-20-38)48(60-32-40-23-12-5-13-24-40)47(59-31-39-21-10-4-11-22-39)43(64-42)33-57-29-37-17-6-2-7-18-37/h2-15,17-25,27,42-43,45-48,51H,28-36H2,1H3/t42-,43+,45-,46-,47-,48+,49?,50?/m0/s1. The molecule has 0 aliphatic carbocycles. The highest BCUT2D eigenvalue weighted by Gasteiger charge is 2.56. The van der Waals surface area contributed by atoms with Gasteiger partial charge in [0.1, 0.15) is 36.6 Å². The predicted molar refractivity (Wildman–Crippen MR) is 238 cm³/mol. The van der Waals surface area contributed by atoms with Crippen LogP contribution in [-0.2, 0) is 74.3 Å². The molecule has 0 aromatic heterocycles. The molecule has 6 atom stereocenters. The summed E-state index contributed by atoms with van der Waals surface area (Å²) in [4.78, 5) is 10.7. The van der Waals surface area contributed by atoms with Gasteiger partial charge in [-0.05, 0) is 28.3 Å². The number of benzene rings is 5. The van der Waals surface area contributed by atoms with Gasteiger partial charge in [0.05, 0.1) is 57.8 Å². The molecule has 2 bridgehead atoms. The number of ether oxygens (including phenoxy) is 8. The maximum Gasteiger partial charge on any atom is 0.301 e. The minimum absolute atomic E-state index is 0.110. The van der Waals surface area contributed by atoms with Gasteiger partial charge >= 0.3 is 5.97 Å². The summed E-state index contributed by atoms with van der Waals surface area (Å²) in [6, 6.07) is 42.9. The molecule has 0 radical (unpaired) electrons. The molecule has 4 aliphatic rings. The van der Waals surface area contributed by atoms with Crippen molar-refractivity contribution in [1.82, 2.24) is 4.72 Å². The Labute approximate surface area is 379 Å². The summed E-state index contributed by atoms with van der Waals surface area (Å²) < 4.78 is 82.6. The van der Waals surface area contributed by atoms with Crippen LogP contribution in [0.3, 0.4) is 0 Å². The van der Waals surface area contributed by atoms with Crippen molar-refractivity contribution in [1.29, 1.82) is 0 Å². The van der Waals surface area contributed by atoms with Gasteiger partial charge < -0.3 is 37.9 Å². The van der Waals surface area contributed by atoms with Gasteiger partial charge in [-0.3, -0.25) is 10.1 Å². The van der Waals surface area contributed by atoms with E-state index in [9.17, 15) is 18.5 Å². The van der Waals surface area contributed by atoms with Gasteiger partial charge in [0.15, 0.2) is 4.90 Å². The number of nitrogens with zero attached hydrogens (tertiary/aromatic N) is 1. The Morgan fingerprint density at radius 2 is 1.14 bits per heavy atom. The summed E-state index contributed by atoms with van der Waals surface area (Å²) in [5.74, 6) is 4.54. The van der Waals surface area contributed by atoms with Gasteiger partial charge in [0.25, 0.3) is 5.69 Å². The minimum Gasteiger partial charge on any atom is -0.374 e. The van der Waals surface area contributed by atoms with Gasteiger partial charge in [-0.25, -0.2) is 8.42 Å².